The smallest absolute Gasteiger partial charge is 0.150 e. The van der Waals surface area contributed by atoms with Gasteiger partial charge in [-0.15, -0.1) is 0 Å². The van der Waals surface area contributed by atoms with Crippen molar-refractivity contribution >= 4 is 28.8 Å². The lowest BCUT2D eigenvalue weighted by Gasteiger charge is -2.11. The standard InChI is InChI=1S/C17H14ClNO2/c1-21-17-5-4-15(18)9-14(17)10-19-7-6-13-3-2-12(11-20)8-16(13)19/h2-9,11H,10H2,1H3. The van der Waals surface area contributed by atoms with Crippen molar-refractivity contribution < 1.29 is 9.53 Å². The molecule has 1 heterocycles. The number of halogens is 1. The first-order chi connectivity index (χ1) is 10.2. The SMILES string of the molecule is COc1ccc(Cl)cc1Cn1ccc2ccc(C=O)cc21. The highest BCUT2D eigenvalue weighted by Gasteiger charge is 2.08. The molecule has 0 N–H and O–H groups in total. The van der Waals surface area contributed by atoms with Gasteiger partial charge < -0.3 is 9.30 Å². The van der Waals surface area contributed by atoms with E-state index in [4.69, 9.17) is 16.3 Å². The first kappa shape index (κ1) is 13.7. The van der Waals surface area contributed by atoms with Crippen LogP contribution in [0.5, 0.6) is 5.75 Å². The zero-order chi connectivity index (χ0) is 14.8. The van der Waals surface area contributed by atoms with Crippen molar-refractivity contribution in [2.45, 2.75) is 6.54 Å². The molecule has 3 nitrogen and oxygen atoms in total. The lowest BCUT2D eigenvalue weighted by molar-refractivity contribution is 0.112. The minimum absolute atomic E-state index is 0.634. The Kier molecular flexibility index (Phi) is 3.67. The monoisotopic (exact) mass is 299 g/mol. The molecule has 0 spiro atoms. The first-order valence-corrected chi connectivity index (χ1v) is 6.95. The summed E-state index contributed by atoms with van der Waals surface area (Å²) in [4.78, 5) is 10.9. The van der Waals surface area contributed by atoms with E-state index in [2.05, 4.69) is 4.57 Å². The third-order valence-corrected chi connectivity index (χ3v) is 3.75. The third kappa shape index (κ3) is 2.65. The van der Waals surface area contributed by atoms with Gasteiger partial charge in [-0.05, 0) is 35.7 Å². The van der Waals surface area contributed by atoms with Crippen LogP contribution in [-0.4, -0.2) is 18.0 Å². The largest absolute Gasteiger partial charge is 0.496 e. The van der Waals surface area contributed by atoms with E-state index in [0.717, 1.165) is 28.5 Å². The summed E-state index contributed by atoms with van der Waals surface area (Å²) < 4.78 is 7.46. The summed E-state index contributed by atoms with van der Waals surface area (Å²) in [5.41, 5.74) is 2.68. The van der Waals surface area contributed by atoms with Gasteiger partial charge in [-0.1, -0.05) is 23.7 Å². The minimum atomic E-state index is 0.634. The number of fused-ring (bicyclic) bond motifs is 1. The molecule has 2 aromatic carbocycles. The number of carbonyl (C=O) groups is 1. The number of rotatable bonds is 4. The number of carbonyl (C=O) groups excluding carboxylic acids is 1. The van der Waals surface area contributed by atoms with Crippen LogP contribution in [0.25, 0.3) is 10.9 Å². The third-order valence-electron chi connectivity index (χ3n) is 3.52. The molecule has 0 aliphatic heterocycles. The Bertz CT molecular complexity index is 808. The molecule has 3 aromatic rings. The van der Waals surface area contributed by atoms with Crippen molar-refractivity contribution in [1.29, 1.82) is 0 Å². The maximum atomic E-state index is 10.9. The second-order valence-electron chi connectivity index (χ2n) is 4.84. The molecule has 106 valence electrons. The van der Waals surface area contributed by atoms with Gasteiger partial charge >= 0.3 is 0 Å². The van der Waals surface area contributed by atoms with E-state index in [1.54, 1.807) is 7.11 Å². The highest BCUT2D eigenvalue weighted by atomic mass is 35.5. The molecule has 0 aliphatic rings. The fourth-order valence-corrected chi connectivity index (χ4v) is 2.66. The maximum Gasteiger partial charge on any atom is 0.150 e. The van der Waals surface area contributed by atoms with Crippen molar-refractivity contribution in [2.24, 2.45) is 0 Å². The molecule has 0 bridgehead atoms. The number of hydrogen-bond donors (Lipinski definition) is 0. The molecule has 0 amide bonds. The zero-order valence-electron chi connectivity index (χ0n) is 11.5. The number of nitrogens with zero attached hydrogens (tertiary/aromatic N) is 1. The van der Waals surface area contributed by atoms with Gasteiger partial charge in [-0.3, -0.25) is 4.79 Å². The Labute approximate surface area is 127 Å². The van der Waals surface area contributed by atoms with Crippen molar-refractivity contribution in [2.75, 3.05) is 7.11 Å². The molecule has 0 radical (unpaired) electrons. The fraction of sp³-hybridized carbons (Fsp3) is 0.118. The molecule has 0 unspecified atom stereocenters. The molecular formula is C17H14ClNO2. The van der Waals surface area contributed by atoms with Crippen molar-refractivity contribution in [1.82, 2.24) is 4.57 Å². The van der Waals surface area contributed by atoms with Gasteiger partial charge in [-0.2, -0.15) is 0 Å². The summed E-state index contributed by atoms with van der Waals surface area (Å²) in [6.07, 6.45) is 2.86. The molecule has 0 fully saturated rings. The van der Waals surface area contributed by atoms with E-state index in [-0.39, 0.29) is 0 Å². The summed E-state index contributed by atoms with van der Waals surface area (Å²) in [7, 11) is 1.64. The van der Waals surface area contributed by atoms with Gasteiger partial charge in [-0.25, -0.2) is 0 Å². The van der Waals surface area contributed by atoms with Crippen LogP contribution in [-0.2, 0) is 6.54 Å². The second kappa shape index (κ2) is 5.62. The number of hydrogen-bond acceptors (Lipinski definition) is 2. The van der Waals surface area contributed by atoms with Gasteiger partial charge in [0.25, 0.3) is 0 Å². The molecule has 0 aliphatic carbocycles. The highest BCUT2D eigenvalue weighted by molar-refractivity contribution is 6.30. The minimum Gasteiger partial charge on any atom is -0.496 e. The van der Waals surface area contributed by atoms with Gasteiger partial charge in [0.05, 0.1) is 13.7 Å². The Morgan fingerprint density at radius 2 is 2.05 bits per heavy atom. The van der Waals surface area contributed by atoms with Gasteiger partial charge in [0.2, 0.25) is 0 Å². The molecular weight excluding hydrogens is 286 g/mol. The normalized spacial score (nSPS) is 10.8. The number of aldehydes is 1. The van der Waals surface area contributed by atoms with E-state index in [9.17, 15) is 4.79 Å². The van der Waals surface area contributed by atoms with Crippen molar-refractivity contribution in [3.63, 3.8) is 0 Å². The summed E-state index contributed by atoms with van der Waals surface area (Å²) in [5.74, 6) is 0.799. The fourth-order valence-electron chi connectivity index (χ4n) is 2.47. The first-order valence-electron chi connectivity index (χ1n) is 6.58. The second-order valence-corrected chi connectivity index (χ2v) is 5.27. The van der Waals surface area contributed by atoms with E-state index in [0.29, 0.717) is 17.1 Å². The molecule has 0 saturated heterocycles. The van der Waals surface area contributed by atoms with Gasteiger partial charge in [0.15, 0.2) is 0 Å². The van der Waals surface area contributed by atoms with Crippen LogP contribution in [0.1, 0.15) is 15.9 Å². The van der Waals surface area contributed by atoms with Crippen LogP contribution in [0.15, 0.2) is 48.7 Å². The van der Waals surface area contributed by atoms with E-state index < -0.39 is 0 Å². The van der Waals surface area contributed by atoms with Crippen LogP contribution in [0, 0.1) is 0 Å². The van der Waals surface area contributed by atoms with Crippen LogP contribution in [0.4, 0.5) is 0 Å². The Morgan fingerprint density at radius 1 is 1.19 bits per heavy atom. The van der Waals surface area contributed by atoms with Crippen molar-refractivity contribution in [3.8, 4) is 5.75 Å². The summed E-state index contributed by atoms with van der Waals surface area (Å²) in [5, 5.41) is 1.78. The average molecular weight is 300 g/mol. The van der Waals surface area contributed by atoms with Crippen LogP contribution >= 0.6 is 11.6 Å². The molecule has 4 heteroatoms. The van der Waals surface area contributed by atoms with E-state index in [1.807, 2.05) is 48.7 Å². The Hall–Kier alpha value is -2.26. The highest BCUT2D eigenvalue weighted by Crippen LogP contribution is 2.25. The average Bonchev–Trinajstić information content (AvgIpc) is 2.90. The quantitative estimate of drug-likeness (QED) is 0.677. The summed E-state index contributed by atoms with van der Waals surface area (Å²) in [6.45, 7) is 0.634. The van der Waals surface area contributed by atoms with Crippen LogP contribution < -0.4 is 4.74 Å². The topological polar surface area (TPSA) is 31.2 Å². The summed E-state index contributed by atoms with van der Waals surface area (Å²) in [6, 6.07) is 13.3. The van der Waals surface area contributed by atoms with E-state index >= 15 is 0 Å². The number of aromatic nitrogens is 1. The predicted octanol–water partition coefficient (Wildman–Crippen LogP) is 4.16. The Balaban J connectivity index is 2.05. The molecule has 1 aromatic heterocycles. The van der Waals surface area contributed by atoms with Crippen LogP contribution in [0.3, 0.4) is 0 Å². The predicted molar refractivity (Wildman–Crippen MR) is 84.4 cm³/mol. The number of benzene rings is 2. The molecule has 0 saturated carbocycles. The van der Waals surface area contributed by atoms with Gasteiger partial charge in [0, 0.05) is 27.9 Å². The lowest BCUT2D eigenvalue weighted by atomic mass is 10.1. The molecule has 3 rings (SSSR count). The summed E-state index contributed by atoms with van der Waals surface area (Å²) >= 11 is 6.07. The zero-order valence-corrected chi connectivity index (χ0v) is 12.3. The lowest BCUT2D eigenvalue weighted by Crippen LogP contribution is -2.01. The van der Waals surface area contributed by atoms with Crippen LogP contribution in [0.2, 0.25) is 5.02 Å². The number of ether oxygens (including phenoxy) is 1. The van der Waals surface area contributed by atoms with Crippen molar-refractivity contribution in [3.05, 3.63) is 64.8 Å². The van der Waals surface area contributed by atoms with E-state index in [1.165, 1.54) is 0 Å². The van der Waals surface area contributed by atoms with Gasteiger partial charge in [0.1, 0.15) is 12.0 Å². The maximum absolute atomic E-state index is 10.9. The molecule has 21 heavy (non-hydrogen) atoms. The number of methoxy groups -OCH3 is 1. The Morgan fingerprint density at radius 3 is 2.81 bits per heavy atom. The molecule has 0 atom stereocenters.